The zero-order valence-electron chi connectivity index (χ0n) is 12.9. The summed E-state index contributed by atoms with van der Waals surface area (Å²) in [5, 5.41) is 0. The fourth-order valence-electron chi connectivity index (χ4n) is 3.01. The Morgan fingerprint density at radius 2 is 1.75 bits per heavy atom. The summed E-state index contributed by atoms with van der Waals surface area (Å²) in [6.07, 6.45) is 5.54. The Labute approximate surface area is 120 Å². The van der Waals surface area contributed by atoms with Crippen molar-refractivity contribution >= 4 is 13.0 Å². The van der Waals surface area contributed by atoms with Gasteiger partial charge in [0, 0.05) is 25.1 Å². The van der Waals surface area contributed by atoms with Crippen LogP contribution in [0.3, 0.4) is 0 Å². The molecule has 0 aromatic rings. The molecule has 2 fully saturated rings. The van der Waals surface area contributed by atoms with Gasteiger partial charge in [-0.1, -0.05) is 6.08 Å². The van der Waals surface area contributed by atoms with E-state index >= 15 is 0 Å². The van der Waals surface area contributed by atoms with Crippen LogP contribution in [0.4, 0.5) is 0 Å². The van der Waals surface area contributed by atoms with Crippen molar-refractivity contribution in [1.29, 1.82) is 0 Å². The topological polar surface area (TPSA) is 38.8 Å². The predicted molar refractivity (Wildman–Crippen MR) is 77.7 cm³/mol. The highest BCUT2D eigenvalue weighted by Gasteiger charge is 2.53. The van der Waals surface area contributed by atoms with Gasteiger partial charge in [0.05, 0.1) is 11.2 Å². The van der Waals surface area contributed by atoms with E-state index in [0.29, 0.717) is 6.42 Å². The van der Waals surface area contributed by atoms with Gasteiger partial charge in [0.15, 0.2) is 0 Å². The first-order chi connectivity index (χ1) is 9.21. The fraction of sp³-hybridized carbons (Fsp3) is 0.667. The largest absolute Gasteiger partial charge is 0.490 e. The summed E-state index contributed by atoms with van der Waals surface area (Å²) in [4.78, 5) is 13.5. The second-order valence-electron chi connectivity index (χ2n) is 6.98. The molecule has 3 rings (SSSR count). The minimum atomic E-state index is -0.315. The lowest BCUT2D eigenvalue weighted by Crippen LogP contribution is -2.41. The number of nitrogens with zero attached hydrogens (tertiary/aromatic N) is 1. The summed E-state index contributed by atoms with van der Waals surface area (Å²) in [7, 11) is 1.56. The van der Waals surface area contributed by atoms with Gasteiger partial charge in [-0.15, -0.1) is 0 Å². The highest BCUT2D eigenvalue weighted by Crippen LogP contribution is 2.42. The third-order valence-electron chi connectivity index (χ3n) is 5.11. The Hall–Kier alpha value is -1.07. The van der Waals surface area contributed by atoms with E-state index in [9.17, 15) is 4.79 Å². The van der Waals surface area contributed by atoms with Gasteiger partial charge < -0.3 is 14.2 Å². The summed E-state index contributed by atoms with van der Waals surface area (Å²) < 4.78 is 12.2. The van der Waals surface area contributed by atoms with Crippen LogP contribution in [-0.2, 0) is 14.1 Å². The zero-order valence-corrected chi connectivity index (χ0v) is 12.9. The Kier molecular flexibility index (Phi) is 2.93. The molecule has 0 aromatic carbocycles. The van der Waals surface area contributed by atoms with Crippen molar-refractivity contribution in [3.8, 4) is 0 Å². The predicted octanol–water partition coefficient (Wildman–Crippen LogP) is 2.31. The number of likely N-dealkylation sites (tertiary alicyclic amines) is 1. The van der Waals surface area contributed by atoms with E-state index in [1.54, 1.807) is 4.90 Å². The molecule has 1 amide bonds. The average Bonchev–Trinajstić information content (AvgIpc) is 2.74. The molecule has 1 atom stereocenters. The molecule has 0 bridgehead atoms. The fourth-order valence-corrected chi connectivity index (χ4v) is 3.01. The first kappa shape index (κ1) is 13.9. The van der Waals surface area contributed by atoms with Crippen molar-refractivity contribution in [3.05, 3.63) is 23.3 Å². The van der Waals surface area contributed by atoms with E-state index in [2.05, 4.69) is 33.8 Å². The van der Waals surface area contributed by atoms with Crippen LogP contribution in [-0.4, -0.2) is 36.2 Å². The maximum absolute atomic E-state index is 11.8. The summed E-state index contributed by atoms with van der Waals surface area (Å²) in [5.74, 6) is 0.483. The molecule has 3 aliphatic rings. The van der Waals surface area contributed by atoms with Crippen molar-refractivity contribution in [2.24, 2.45) is 5.92 Å². The molecule has 0 N–H and O–H groups in total. The van der Waals surface area contributed by atoms with E-state index in [4.69, 9.17) is 9.31 Å². The smallest absolute Gasteiger partial charge is 0.400 e. The van der Waals surface area contributed by atoms with Crippen molar-refractivity contribution < 1.29 is 14.1 Å². The average molecular weight is 275 g/mol. The molecule has 0 saturated carbocycles. The number of hydrogen-bond acceptors (Lipinski definition) is 3. The van der Waals surface area contributed by atoms with E-state index in [1.807, 2.05) is 13.1 Å². The highest BCUT2D eigenvalue weighted by molar-refractivity contribution is 6.54. The standard InChI is InChI=1S/C15H22BNO3/c1-14(2)15(3,4)20-16(19-14)11-6-7-12-10(8-11)9-13(18)17(12)5/h6-7,10H,8-9H2,1-5H3. The zero-order chi connectivity index (χ0) is 14.7. The van der Waals surface area contributed by atoms with Gasteiger partial charge in [0.25, 0.3) is 0 Å². The number of allylic oxidation sites excluding steroid dienone is 4. The lowest BCUT2D eigenvalue weighted by atomic mass is 9.70. The molecular weight excluding hydrogens is 253 g/mol. The molecular formula is C15H22BNO3. The molecule has 2 aliphatic heterocycles. The van der Waals surface area contributed by atoms with Crippen molar-refractivity contribution in [2.45, 2.75) is 51.7 Å². The van der Waals surface area contributed by atoms with Gasteiger partial charge in [-0.3, -0.25) is 4.79 Å². The molecule has 1 aliphatic carbocycles. The Bertz CT molecular complexity index is 505. The van der Waals surface area contributed by atoms with E-state index in [1.165, 1.54) is 0 Å². The number of amides is 1. The summed E-state index contributed by atoms with van der Waals surface area (Å²) in [6, 6.07) is 0. The number of fused-ring (bicyclic) bond motifs is 1. The van der Waals surface area contributed by atoms with E-state index in [-0.39, 0.29) is 30.1 Å². The molecule has 108 valence electrons. The van der Waals surface area contributed by atoms with Crippen LogP contribution < -0.4 is 0 Å². The molecule has 1 unspecified atom stereocenters. The quantitative estimate of drug-likeness (QED) is 0.689. The maximum atomic E-state index is 11.8. The van der Waals surface area contributed by atoms with Crippen LogP contribution >= 0.6 is 0 Å². The van der Waals surface area contributed by atoms with Crippen molar-refractivity contribution in [2.75, 3.05) is 7.05 Å². The Morgan fingerprint density at radius 1 is 1.15 bits per heavy atom. The minimum absolute atomic E-state index is 0.199. The van der Waals surface area contributed by atoms with Gasteiger partial charge >= 0.3 is 7.12 Å². The lowest BCUT2D eigenvalue weighted by molar-refractivity contribution is -0.125. The molecule has 0 radical (unpaired) electrons. The van der Waals surface area contributed by atoms with E-state index in [0.717, 1.165) is 17.6 Å². The first-order valence-electron chi connectivity index (χ1n) is 7.24. The molecule has 2 heterocycles. The number of carbonyl (C=O) groups excluding carboxylic acids is 1. The van der Waals surface area contributed by atoms with Gasteiger partial charge in [-0.25, -0.2) is 0 Å². The summed E-state index contributed by atoms with van der Waals surface area (Å²) in [6.45, 7) is 8.24. The van der Waals surface area contributed by atoms with Gasteiger partial charge in [0.1, 0.15) is 0 Å². The Balaban J connectivity index is 1.81. The van der Waals surface area contributed by atoms with Crippen LogP contribution in [0.1, 0.15) is 40.5 Å². The van der Waals surface area contributed by atoms with Crippen LogP contribution in [0.2, 0.25) is 0 Å². The molecule has 2 saturated heterocycles. The van der Waals surface area contributed by atoms with Crippen molar-refractivity contribution in [1.82, 2.24) is 4.90 Å². The van der Waals surface area contributed by atoms with Crippen LogP contribution in [0, 0.1) is 5.92 Å². The monoisotopic (exact) mass is 275 g/mol. The lowest BCUT2D eigenvalue weighted by Gasteiger charge is -2.32. The Morgan fingerprint density at radius 3 is 2.35 bits per heavy atom. The maximum Gasteiger partial charge on any atom is 0.490 e. The van der Waals surface area contributed by atoms with Crippen LogP contribution in [0.15, 0.2) is 23.3 Å². The summed E-state index contributed by atoms with van der Waals surface area (Å²) in [5.41, 5.74) is 1.63. The number of hydrogen-bond donors (Lipinski definition) is 0. The molecule has 0 spiro atoms. The second kappa shape index (κ2) is 4.21. The van der Waals surface area contributed by atoms with Crippen molar-refractivity contribution in [3.63, 3.8) is 0 Å². The molecule has 20 heavy (non-hydrogen) atoms. The third-order valence-corrected chi connectivity index (χ3v) is 5.11. The normalized spacial score (nSPS) is 31.2. The van der Waals surface area contributed by atoms with Crippen LogP contribution in [0.5, 0.6) is 0 Å². The minimum Gasteiger partial charge on any atom is -0.400 e. The van der Waals surface area contributed by atoms with Gasteiger partial charge in [0.2, 0.25) is 5.91 Å². The van der Waals surface area contributed by atoms with Gasteiger partial charge in [-0.05, 0) is 45.7 Å². The highest BCUT2D eigenvalue weighted by atomic mass is 16.7. The van der Waals surface area contributed by atoms with Gasteiger partial charge in [-0.2, -0.15) is 0 Å². The van der Waals surface area contributed by atoms with Crippen LogP contribution in [0.25, 0.3) is 0 Å². The van der Waals surface area contributed by atoms with E-state index < -0.39 is 0 Å². The molecule has 5 heteroatoms. The number of rotatable bonds is 1. The molecule has 4 nitrogen and oxygen atoms in total. The first-order valence-corrected chi connectivity index (χ1v) is 7.24. The number of carbonyl (C=O) groups is 1. The third kappa shape index (κ3) is 1.95. The SMILES string of the molecule is CN1C(=O)CC2CC(B3OC(C)(C)C(C)(C)O3)=CC=C21. The second-order valence-corrected chi connectivity index (χ2v) is 6.98. The summed E-state index contributed by atoms with van der Waals surface area (Å²) >= 11 is 0. The molecule has 0 aromatic heterocycles.